The molecule has 4 heteroatoms. The van der Waals surface area contributed by atoms with E-state index in [4.69, 9.17) is 14.1 Å². The molecule has 0 saturated heterocycles. The quantitative estimate of drug-likeness (QED) is 0.721. The van der Waals surface area contributed by atoms with Crippen LogP contribution in [0.2, 0.25) is 0 Å². The Morgan fingerprint density at radius 2 is 1.44 bits per heavy atom. The molecule has 3 nitrogen and oxygen atoms in total. The molecule has 0 aliphatic rings. The van der Waals surface area contributed by atoms with Gasteiger partial charge in [-0.05, 0) is 39.8 Å². The first-order chi connectivity index (χ1) is 8.32. The molecular formula is C14H23BO3. The van der Waals surface area contributed by atoms with E-state index in [0.29, 0.717) is 7.48 Å². The molecule has 0 aromatic heterocycles. The molecule has 0 unspecified atom stereocenters. The van der Waals surface area contributed by atoms with Crippen molar-refractivity contribution in [2.75, 3.05) is 14.2 Å². The molecule has 1 rings (SSSR count). The van der Waals surface area contributed by atoms with Gasteiger partial charge in [0.25, 0.3) is 0 Å². The maximum Gasteiger partial charge on any atom is 0.309 e. The first-order valence-electron chi connectivity index (χ1n) is 6.14. The van der Waals surface area contributed by atoms with Crippen molar-refractivity contribution in [3.63, 3.8) is 0 Å². The number of rotatable bonds is 6. The molecule has 0 aliphatic carbocycles. The zero-order valence-electron chi connectivity index (χ0n) is 12.2. The Morgan fingerprint density at radius 3 is 1.89 bits per heavy atom. The average Bonchev–Trinajstić information content (AvgIpc) is 2.36. The van der Waals surface area contributed by atoms with Gasteiger partial charge in [-0.25, -0.2) is 0 Å². The monoisotopic (exact) mass is 250 g/mol. The molecule has 0 bridgehead atoms. The topological polar surface area (TPSA) is 27.7 Å². The lowest BCUT2D eigenvalue weighted by atomic mass is 9.82. The van der Waals surface area contributed by atoms with Crippen molar-refractivity contribution >= 4 is 12.9 Å². The molecule has 0 fully saturated rings. The van der Waals surface area contributed by atoms with Gasteiger partial charge in [0.05, 0.1) is 18.3 Å². The zero-order valence-corrected chi connectivity index (χ0v) is 12.2. The lowest BCUT2D eigenvalue weighted by Gasteiger charge is -2.40. The summed E-state index contributed by atoms with van der Waals surface area (Å²) in [5.74, 6) is 0.857. The minimum atomic E-state index is -0.359. The van der Waals surface area contributed by atoms with Crippen LogP contribution in [0.15, 0.2) is 24.3 Å². The zero-order chi connectivity index (χ0) is 13.8. The third-order valence-electron chi connectivity index (χ3n) is 3.72. The Morgan fingerprint density at radius 1 is 0.889 bits per heavy atom. The van der Waals surface area contributed by atoms with Gasteiger partial charge in [-0.15, -0.1) is 0 Å². The van der Waals surface area contributed by atoms with E-state index in [0.717, 1.165) is 11.2 Å². The van der Waals surface area contributed by atoms with Crippen LogP contribution in [0.1, 0.15) is 27.7 Å². The van der Waals surface area contributed by atoms with Crippen LogP contribution >= 0.6 is 0 Å². The molecule has 0 aliphatic heterocycles. The maximum absolute atomic E-state index is 5.98. The molecule has 100 valence electrons. The van der Waals surface area contributed by atoms with Crippen molar-refractivity contribution < 1.29 is 14.1 Å². The number of methoxy groups -OCH3 is 2. The SMILES string of the molecule is COc1ccc(BOC(C)(C)C(C)(C)OC)cc1. The number of hydrogen-bond acceptors (Lipinski definition) is 3. The van der Waals surface area contributed by atoms with Gasteiger partial charge in [-0.1, -0.05) is 17.6 Å². The summed E-state index contributed by atoms with van der Waals surface area (Å²) in [5, 5.41) is 0. The van der Waals surface area contributed by atoms with E-state index in [9.17, 15) is 0 Å². The smallest absolute Gasteiger partial charge is 0.309 e. The van der Waals surface area contributed by atoms with E-state index in [-0.39, 0.29) is 11.2 Å². The van der Waals surface area contributed by atoms with E-state index < -0.39 is 0 Å². The predicted octanol–water partition coefficient (Wildman–Crippen LogP) is 1.89. The summed E-state index contributed by atoms with van der Waals surface area (Å²) in [6.45, 7) is 8.14. The molecule has 1 aromatic carbocycles. The van der Waals surface area contributed by atoms with Crippen molar-refractivity contribution in [2.24, 2.45) is 0 Å². The first kappa shape index (κ1) is 15.1. The molecule has 0 heterocycles. The van der Waals surface area contributed by atoms with E-state index in [1.165, 1.54) is 0 Å². The molecule has 0 atom stereocenters. The van der Waals surface area contributed by atoms with Gasteiger partial charge in [0, 0.05) is 7.11 Å². The minimum absolute atomic E-state index is 0.334. The fourth-order valence-corrected chi connectivity index (χ4v) is 1.41. The lowest BCUT2D eigenvalue weighted by molar-refractivity contribution is -0.114. The average molecular weight is 250 g/mol. The van der Waals surface area contributed by atoms with Gasteiger partial charge < -0.3 is 14.1 Å². The highest BCUT2D eigenvalue weighted by atomic mass is 16.5. The Labute approximate surface area is 111 Å². The second-order valence-corrected chi connectivity index (χ2v) is 5.36. The summed E-state index contributed by atoms with van der Waals surface area (Å²) >= 11 is 0. The number of hydrogen-bond donors (Lipinski definition) is 0. The first-order valence-corrected chi connectivity index (χ1v) is 6.14. The molecule has 0 radical (unpaired) electrons. The normalized spacial score (nSPS) is 12.3. The highest BCUT2D eigenvalue weighted by Gasteiger charge is 2.37. The van der Waals surface area contributed by atoms with E-state index in [1.807, 2.05) is 52.0 Å². The van der Waals surface area contributed by atoms with Crippen LogP contribution in [-0.2, 0) is 9.39 Å². The van der Waals surface area contributed by atoms with Gasteiger partial charge in [-0.3, -0.25) is 0 Å². The van der Waals surface area contributed by atoms with Gasteiger partial charge in [0.15, 0.2) is 0 Å². The summed E-state index contributed by atoms with van der Waals surface area (Å²) in [6.07, 6.45) is 0. The molecule has 0 N–H and O–H groups in total. The van der Waals surface area contributed by atoms with Crippen LogP contribution in [0.5, 0.6) is 5.75 Å². The van der Waals surface area contributed by atoms with Crippen molar-refractivity contribution in [1.82, 2.24) is 0 Å². The minimum Gasteiger partial charge on any atom is -0.497 e. The van der Waals surface area contributed by atoms with E-state index >= 15 is 0 Å². The molecule has 0 spiro atoms. The van der Waals surface area contributed by atoms with Gasteiger partial charge in [0.2, 0.25) is 0 Å². The van der Waals surface area contributed by atoms with Crippen LogP contribution < -0.4 is 10.2 Å². The van der Waals surface area contributed by atoms with Crippen LogP contribution in [-0.4, -0.2) is 32.9 Å². The largest absolute Gasteiger partial charge is 0.497 e. The second-order valence-electron chi connectivity index (χ2n) is 5.36. The van der Waals surface area contributed by atoms with Crippen molar-refractivity contribution in [1.29, 1.82) is 0 Å². The van der Waals surface area contributed by atoms with Gasteiger partial charge >= 0.3 is 7.48 Å². The van der Waals surface area contributed by atoms with Crippen LogP contribution in [0.3, 0.4) is 0 Å². The van der Waals surface area contributed by atoms with E-state index in [2.05, 4.69) is 0 Å². The van der Waals surface area contributed by atoms with Crippen molar-refractivity contribution in [3.05, 3.63) is 24.3 Å². The van der Waals surface area contributed by atoms with Crippen LogP contribution in [0.25, 0.3) is 0 Å². The van der Waals surface area contributed by atoms with Crippen LogP contribution in [0, 0.1) is 0 Å². The Kier molecular flexibility index (Phi) is 4.82. The van der Waals surface area contributed by atoms with E-state index in [1.54, 1.807) is 14.2 Å². The predicted molar refractivity (Wildman–Crippen MR) is 76.0 cm³/mol. The second kappa shape index (κ2) is 5.76. The molecule has 18 heavy (non-hydrogen) atoms. The number of ether oxygens (including phenoxy) is 2. The fraction of sp³-hybridized carbons (Fsp3) is 0.571. The van der Waals surface area contributed by atoms with Crippen molar-refractivity contribution in [2.45, 2.75) is 38.9 Å². The lowest BCUT2D eigenvalue weighted by Crippen LogP contribution is -2.50. The summed E-state index contributed by atoms with van der Waals surface area (Å²) < 4.78 is 16.6. The highest BCUT2D eigenvalue weighted by molar-refractivity contribution is 6.47. The Hall–Kier alpha value is -0.995. The Balaban J connectivity index is 2.64. The third-order valence-corrected chi connectivity index (χ3v) is 3.72. The summed E-state index contributed by atoms with van der Waals surface area (Å²) in [6, 6.07) is 7.89. The van der Waals surface area contributed by atoms with Gasteiger partial charge in [-0.2, -0.15) is 0 Å². The van der Waals surface area contributed by atoms with Crippen molar-refractivity contribution in [3.8, 4) is 5.75 Å². The standard InChI is InChI=1S/C14H23BO3/c1-13(2,17-6)14(3,4)18-15-11-7-9-12(16-5)10-8-11/h7-10,15H,1-6H3. The molecular weight excluding hydrogens is 227 g/mol. The molecule has 0 saturated carbocycles. The van der Waals surface area contributed by atoms with Gasteiger partial charge in [0.1, 0.15) is 5.75 Å². The fourth-order valence-electron chi connectivity index (χ4n) is 1.41. The summed E-state index contributed by atoms with van der Waals surface area (Å²) in [5.41, 5.74) is 0.428. The Bertz CT molecular complexity index is 371. The maximum atomic E-state index is 5.98. The summed E-state index contributed by atoms with van der Waals surface area (Å²) in [7, 11) is 3.93. The molecule has 0 amide bonds. The highest BCUT2D eigenvalue weighted by Crippen LogP contribution is 2.27. The van der Waals surface area contributed by atoms with Crippen LogP contribution in [0.4, 0.5) is 0 Å². The molecule has 1 aromatic rings. The summed E-state index contributed by atoms with van der Waals surface area (Å²) in [4.78, 5) is 0. The third kappa shape index (κ3) is 3.50. The number of benzene rings is 1.